The van der Waals surface area contributed by atoms with Crippen LogP contribution in [-0.4, -0.2) is 8.79 Å². The number of hydrogen-bond acceptors (Lipinski definition) is 1. The molecule has 5 heteroatoms. The highest BCUT2D eigenvalue weighted by atomic mass is 35.5. The van der Waals surface area contributed by atoms with Crippen molar-refractivity contribution in [3.8, 4) is 0 Å². The van der Waals surface area contributed by atoms with E-state index in [1.54, 1.807) is 0 Å². The first-order valence-corrected chi connectivity index (χ1v) is 3.68. The van der Waals surface area contributed by atoms with Crippen molar-refractivity contribution >= 4 is 46.4 Å². The highest BCUT2D eigenvalue weighted by Crippen LogP contribution is 2.44. The molecule has 1 nitrogen and oxygen atoms in total. The Morgan fingerprint density at radius 1 is 1.11 bits per heavy atom. The molecule has 1 aliphatic heterocycles. The van der Waals surface area contributed by atoms with Gasteiger partial charge in [-0.2, -0.15) is 0 Å². The Kier molecular flexibility index (Phi) is 1.81. The van der Waals surface area contributed by atoms with E-state index in [0.717, 1.165) is 0 Å². The van der Waals surface area contributed by atoms with Crippen molar-refractivity contribution in [2.75, 3.05) is 0 Å². The van der Waals surface area contributed by atoms with Gasteiger partial charge in [0.2, 0.25) is 4.46 Å². The molecule has 1 rings (SSSR count). The van der Waals surface area contributed by atoms with Crippen molar-refractivity contribution < 1.29 is 0 Å². The van der Waals surface area contributed by atoms with E-state index in [-0.39, 0.29) is 0 Å². The minimum absolute atomic E-state index is 1.23. The number of halogens is 4. The molecule has 0 saturated carbocycles. The second-order valence-corrected chi connectivity index (χ2v) is 4.39. The van der Waals surface area contributed by atoms with Gasteiger partial charge in [-0.1, -0.05) is 46.4 Å². The molecule has 0 amide bonds. The van der Waals surface area contributed by atoms with Crippen molar-refractivity contribution in [1.82, 2.24) is 5.32 Å². The third kappa shape index (κ3) is 1.25. The molecule has 0 aliphatic carbocycles. The third-order valence-corrected chi connectivity index (χ3v) is 3.00. The maximum atomic E-state index is 5.61. The number of nitrogens with one attached hydrogen (secondary N) is 1. The van der Waals surface area contributed by atoms with Gasteiger partial charge in [0.15, 0.2) is 4.33 Å². The first kappa shape index (κ1) is 7.80. The first-order chi connectivity index (χ1) is 3.96. The fourth-order valence-electron chi connectivity index (χ4n) is 0.452. The van der Waals surface area contributed by atoms with E-state index in [9.17, 15) is 0 Å². The fourth-order valence-corrected chi connectivity index (χ4v) is 0.939. The summed E-state index contributed by atoms with van der Waals surface area (Å²) in [5.41, 5.74) is 0. The topological polar surface area (TPSA) is 12.0 Å². The Balaban J connectivity index is 2.84. The van der Waals surface area contributed by atoms with Crippen molar-refractivity contribution in [3.63, 3.8) is 0 Å². The zero-order valence-corrected chi connectivity index (χ0v) is 7.19. The molecular formula is C4H3Cl4N. The maximum Gasteiger partial charge on any atom is 0.224 e. The van der Waals surface area contributed by atoms with Gasteiger partial charge in [-0.25, -0.2) is 0 Å². The molecule has 0 atom stereocenters. The summed E-state index contributed by atoms with van der Waals surface area (Å²) in [4.78, 5) is 0. The van der Waals surface area contributed by atoms with Crippen molar-refractivity contribution in [3.05, 3.63) is 12.3 Å². The van der Waals surface area contributed by atoms with Crippen LogP contribution in [0.2, 0.25) is 0 Å². The van der Waals surface area contributed by atoms with Crippen LogP contribution in [0.15, 0.2) is 12.3 Å². The summed E-state index contributed by atoms with van der Waals surface area (Å²) in [6, 6.07) is 0. The summed E-state index contributed by atoms with van der Waals surface area (Å²) < 4.78 is -2.52. The zero-order valence-electron chi connectivity index (χ0n) is 4.17. The van der Waals surface area contributed by atoms with Crippen LogP contribution < -0.4 is 5.32 Å². The summed E-state index contributed by atoms with van der Waals surface area (Å²) in [5.74, 6) is 0. The van der Waals surface area contributed by atoms with E-state index < -0.39 is 8.79 Å². The molecule has 0 bridgehead atoms. The van der Waals surface area contributed by atoms with E-state index >= 15 is 0 Å². The molecule has 0 fully saturated rings. The molecule has 1 N–H and O–H groups in total. The molecule has 1 aliphatic rings. The first-order valence-electron chi connectivity index (χ1n) is 2.17. The van der Waals surface area contributed by atoms with E-state index in [1.165, 1.54) is 12.3 Å². The average Bonchev–Trinajstić information content (AvgIpc) is 1.81. The Bertz CT molecular complexity index is 151. The molecule has 9 heavy (non-hydrogen) atoms. The third-order valence-electron chi connectivity index (χ3n) is 0.976. The Hall–Kier alpha value is 0.700. The smallest absolute Gasteiger partial charge is 0.224 e. The molecule has 0 unspecified atom stereocenters. The van der Waals surface area contributed by atoms with E-state index in [2.05, 4.69) is 5.32 Å². The van der Waals surface area contributed by atoms with Crippen molar-refractivity contribution in [2.45, 2.75) is 8.79 Å². The lowest BCUT2D eigenvalue weighted by atomic mass is 10.4. The lowest BCUT2D eigenvalue weighted by molar-refractivity contribution is 0.727. The van der Waals surface area contributed by atoms with Crippen LogP contribution in [0.4, 0.5) is 0 Å². The summed E-state index contributed by atoms with van der Waals surface area (Å²) in [6.45, 7) is 0. The minimum atomic E-state index is -1.30. The van der Waals surface area contributed by atoms with Gasteiger partial charge in [-0.15, -0.1) is 0 Å². The summed E-state index contributed by atoms with van der Waals surface area (Å²) in [7, 11) is 0. The van der Waals surface area contributed by atoms with Crippen LogP contribution in [0.25, 0.3) is 0 Å². The van der Waals surface area contributed by atoms with Gasteiger partial charge in [0.05, 0.1) is 0 Å². The monoisotopic (exact) mass is 205 g/mol. The quantitative estimate of drug-likeness (QED) is 0.474. The lowest BCUT2D eigenvalue weighted by Crippen LogP contribution is -2.39. The van der Waals surface area contributed by atoms with E-state index in [1.807, 2.05) is 0 Å². The van der Waals surface area contributed by atoms with E-state index in [0.29, 0.717) is 0 Å². The van der Waals surface area contributed by atoms with Crippen LogP contribution in [0.3, 0.4) is 0 Å². The van der Waals surface area contributed by atoms with Crippen LogP contribution >= 0.6 is 46.4 Å². The Morgan fingerprint density at radius 3 is 1.78 bits per heavy atom. The Morgan fingerprint density at radius 2 is 1.67 bits per heavy atom. The largest absolute Gasteiger partial charge is 0.358 e. The fraction of sp³-hybridized carbons (Fsp3) is 0.500. The predicted octanol–water partition coefficient (Wildman–Crippen LogP) is 2.41. The minimum Gasteiger partial charge on any atom is -0.358 e. The SMILES string of the molecule is ClC1(Cl)C=CNC1(Cl)Cl. The van der Waals surface area contributed by atoms with Gasteiger partial charge in [-0.05, 0) is 12.3 Å². The lowest BCUT2D eigenvalue weighted by Gasteiger charge is -2.23. The second kappa shape index (κ2) is 2.09. The molecular weight excluding hydrogens is 204 g/mol. The van der Waals surface area contributed by atoms with Gasteiger partial charge in [0.1, 0.15) is 0 Å². The highest BCUT2D eigenvalue weighted by Gasteiger charge is 2.48. The summed E-state index contributed by atoms with van der Waals surface area (Å²) >= 11 is 22.4. The van der Waals surface area contributed by atoms with Gasteiger partial charge < -0.3 is 5.32 Å². The van der Waals surface area contributed by atoms with Crippen LogP contribution in [0.5, 0.6) is 0 Å². The highest BCUT2D eigenvalue weighted by molar-refractivity contribution is 6.63. The molecule has 0 aromatic heterocycles. The van der Waals surface area contributed by atoms with Crippen molar-refractivity contribution in [1.29, 1.82) is 0 Å². The molecule has 0 aromatic rings. The van der Waals surface area contributed by atoms with Crippen LogP contribution in [0, 0.1) is 0 Å². The molecule has 0 aromatic carbocycles. The van der Waals surface area contributed by atoms with Gasteiger partial charge in [0.25, 0.3) is 0 Å². The van der Waals surface area contributed by atoms with Gasteiger partial charge in [0, 0.05) is 0 Å². The Labute approximate surface area is 72.9 Å². The second-order valence-electron chi connectivity index (χ2n) is 1.68. The van der Waals surface area contributed by atoms with Crippen LogP contribution in [0.1, 0.15) is 0 Å². The maximum absolute atomic E-state index is 5.61. The molecule has 52 valence electrons. The standard InChI is InChI=1S/C4H3Cl4N/c5-3(6)1-2-9-4(3,7)8/h1-2,9H. The van der Waals surface area contributed by atoms with Crippen LogP contribution in [-0.2, 0) is 0 Å². The van der Waals surface area contributed by atoms with Crippen molar-refractivity contribution in [2.24, 2.45) is 0 Å². The number of hydrogen-bond donors (Lipinski definition) is 1. The normalized spacial score (nSPS) is 28.0. The van der Waals surface area contributed by atoms with Gasteiger partial charge >= 0.3 is 0 Å². The summed E-state index contributed by atoms with van der Waals surface area (Å²) in [6.07, 6.45) is 3.00. The molecule has 0 saturated heterocycles. The summed E-state index contributed by atoms with van der Waals surface area (Å²) in [5, 5.41) is 2.57. The molecule has 0 spiro atoms. The average molecular weight is 207 g/mol. The number of alkyl halides is 4. The number of rotatable bonds is 0. The van der Waals surface area contributed by atoms with E-state index in [4.69, 9.17) is 46.4 Å². The zero-order chi connectivity index (χ0) is 7.12. The molecule has 1 heterocycles. The predicted molar refractivity (Wildman–Crippen MR) is 41.1 cm³/mol. The van der Waals surface area contributed by atoms with Gasteiger partial charge in [-0.3, -0.25) is 0 Å². The molecule has 0 radical (unpaired) electrons.